The molecule has 1 aliphatic heterocycles. The molecule has 1 amide bonds. The van der Waals surface area contributed by atoms with E-state index in [0.29, 0.717) is 26.5 Å². The number of halogens is 1. The number of thioether (sulfide) groups is 1. The fraction of sp³-hybridized carbons (Fsp3) is 0.0909. The van der Waals surface area contributed by atoms with Gasteiger partial charge in [0.05, 0.1) is 17.2 Å². The molecular formula is C22H16ClNO2S2. The zero-order chi connectivity index (χ0) is 19.7. The van der Waals surface area contributed by atoms with Crippen LogP contribution >= 0.6 is 35.6 Å². The van der Waals surface area contributed by atoms with Gasteiger partial charge in [0, 0.05) is 10.6 Å². The predicted octanol–water partition coefficient (Wildman–Crippen LogP) is 6.30. The molecule has 1 fully saturated rings. The Morgan fingerprint density at radius 3 is 2.75 bits per heavy atom. The van der Waals surface area contributed by atoms with Crippen LogP contribution in [0, 0.1) is 0 Å². The normalized spacial score (nSPS) is 15.6. The van der Waals surface area contributed by atoms with Crippen molar-refractivity contribution in [2.24, 2.45) is 0 Å². The number of carbonyl (C=O) groups is 1. The molecule has 140 valence electrons. The van der Waals surface area contributed by atoms with Crippen molar-refractivity contribution in [2.45, 2.75) is 6.92 Å². The number of rotatable bonds is 4. The number of thiocarbonyl (C=S) groups is 1. The lowest BCUT2D eigenvalue weighted by Crippen LogP contribution is -2.27. The second kappa shape index (κ2) is 7.95. The molecule has 6 heteroatoms. The van der Waals surface area contributed by atoms with Crippen LogP contribution in [0.4, 0.5) is 5.69 Å². The zero-order valence-electron chi connectivity index (χ0n) is 15.0. The fourth-order valence-corrected chi connectivity index (χ4v) is 4.61. The number of fused-ring (bicyclic) bond motifs is 1. The molecule has 1 aliphatic rings. The molecule has 3 aromatic rings. The number of ether oxygens (including phenoxy) is 1. The largest absolute Gasteiger partial charge is 0.493 e. The molecule has 0 unspecified atom stereocenters. The van der Waals surface area contributed by atoms with E-state index in [9.17, 15) is 4.79 Å². The summed E-state index contributed by atoms with van der Waals surface area (Å²) in [7, 11) is 0. The van der Waals surface area contributed by atoms with Crippen molar-refractivity contribution in [3.8, 4) is 5.75 Å². The van der Waals surface area contributed by atoms with Gasteiger partial charge in [-0.3, -0.25) is 9.69 Å². The minimum absolute atomic E-state index is 0.160. The maximum absolute atomic E-state index is 13.1. The highest BCUT2D eigenvalue weighted by Crippen LogP contribution is 2.39. The Morgan fingerprint density at radius 1 is 1.14 bits per heavy atom. The Kier molecular flexibility index (Phi) is 5.40. The van der Waals surface area contributed by atoms with Gasteiger partial charge in [-0.1, -0.05) is 72.0 Å². The molecule has 0 atom stereocenters. The summed E-state index contributed by atoms with van der Waals surface area (Å²) in [5.74, 6) is 0.585. The SMILES string of the molecule is CCOc1ccc2ccccc2c1/C=C1\SC(=S)N(c2cccc(Cl)c2)C1=O. The lowest BCUT2D eigenvalue weighted by Gasteiger charge is -2.14. The Hall–Kier alpha value is -2.34. The molecule has 0 saturated carbocycles. The maximum atomic E-state index is 13.1. The first-order valence-corrected chi connectivity index (χ1v) is 10.4. The van der Waals surface area contributed by atoms with E-state index in [-0.39, 0.29) is 5.91 Å². The third-order valence-corrected chi connectivity index (χ3v) is 5.90. The molecule has 0 N–H and O–H groups in total. The smallest absolute Gasteiger partial charge is 0.270 e. The lowest BCUT2D eigenvalue weighted by molar-refractivity contribution is -0.113. The molecule has 0 aliphatic carbocycles. The number of carbonyl (C=O) groups excluding carboxylic acids is 1. The van der Waals surface area contributed by atoms with Crippen LogP contribution in [0.15, 0.2) is 65.6 Å². The van der Waals surface area contributed by atoms with Gasteiger partial charge in [0.1, 0.15) is 5.75 Å². The summed E-state index contributed by atoms with van der Waals surface area (Å²) in [6, 6.07) is 19.1. The van der Waals surface area contributed by atoms with Gasteiger partial charge in [-0.2, -0.15) is 0 Å². The van der Waals surface area contributed by atoms with Gasteiger partial charge in [-0.15, -0.1) is 0 Å². The third kappa shape index (κ3) is 3.53. The lowest BCUT2D eigenvalue weighted by atomic mass is 10.0. The summed E-state index contributed by atoms with van der Waals surface area (Å²) >= 11 is 12.8. The van der Waals surface area contributed by atoms with Gasteiger partial charge in [0.2, 0.25) is 0 Å². The summed E-state index contributed by atoms with van der Waals surface area (Å²) < 4.78 is 6.30. The first-order chi connectivity index (χ1) is 13.6. The fourth-order valence-electron chi connectivity index (χ4n) is 3.14. The predicted molar refractivity (Wildman–Crippen MR) is 122 cm³/mol. The molecule has 1 heterocycles. The van der Waals surface area contributed by atoms with Crippen LogP contribution < -0.4 is 9.64 Å². The molecule has 0 radical (unpaired) electrons. The standard InChI is InChI=1S/C22H16ClNO2S2/c1-2-26-19-11-10-14-6-3-4-9-17(14)18(19)13-20-21(25)24(22(27)28-20)16-8-5-7-15(23)12-16/h3-13H,2H2,1H3/b20-13-. The van der Waals surface area contributed by atoms with Gasteiger partial charge < -0.3 is 4.74 Å². The van der Waals surface area contributed by atoms with Crippen molar-refractivity contribution in [1.29, 1.82) is 0 Å². The van der Waals surface area contributed by atoms with Gasteiger partial charge >= 0.3 is 0 Å². The minimum Gasteiger partial charge on any atom is -0.493 e. The van der Waals surface area contributed by atoms with E-state index in [1.54, 1.807) is 18.2 Å². The van der Waals surface area contributed by atoms with E-state index in [2.05, 4.69) is 0 Å². The highest BCUT2D eigenvalue weighted by atomic mass is 35.5. The molecule has 28 heavy (non-hydrogen) atoms. The average Bonchev–Trinajstić information content (AvgIpc) is 2.97. The Bertz CT molecular complexity index is 1130. The van der Waals surface area contributed by atoms with Crippen LogP contribution in [0.3, 0.4) is 0 Å². The molecule has 3 nitrogen and oxygen atoms in total. The van der Waals surface area contributed by atoms with Crippen molar-refractivity contribution >= 4 is 68.3 Å². The van der Waals surface area contributed by atoms with E-state index < -0.39 is 0 Å². The van der Waals surface area contributed by atoms with Crippen LogP contribution in [-0.4, -0.2) is 16.8 Å². The van der Waals surface area contributed by atoms with Crippen molar-refractivity contribution in [1.82, 2.24) is 0 Å². The van der Waals surface area contributed by atoms with Crippen LogP contribution in [0.5, 0.6) is 5.75 Å². The highest BCUT2D eigenvalue weighted by Gasteiger charge is 2.33. The number of benzene rings is 3. The van der Waals surface area contributed by atoms with Crippen LogP contribution in [0.25, 0.3) is 16.8 Å². The molecule has 4 rings (SSSR count). The average molecular weight is 426 g/mol. The second-order valence-electron chi connectivity index (χ2n) is 6.13. The number of amides is 1. The van der Waals surface area contributed by atoms with Gasteiger partial charge in [-0.05, 0) is 48.0 Å². The van der Waals surface area contributed by atoms with Crippen molar-refractivity contribution in [3.05, 3.63) is 76.2 Å². The third-order valence-electron chi connectivity index (χ3n) is 4.37. The van der Waals surface area contributed by atoms with Crippen molar-refractivity contribution in [3.63, 3.8) is 0 Å². The summed E-state index contributed by atoms with van der Waals surface area (Å²) in [5, 5.41) is 2.67. The molecule has 0 spiro atoms. The van der Waals surface area contributed by atoms with E-state index >= 15 is 0 Å². The number of hydrogen-bond acceptors (Lipinski definition) is 4. The topological polar surface area (TPSA) is 29.5 Å². The zero-order valence-corrected chi connectivity index (χ0v) is 17.4. The van der Waals surface area contributed by atoms with Gasteiger partial charge in [-0.25, -0.2) is 0 Å². The first kappa shape index (κ1) is 19.0. The van der Waals surface area contributed by atoms with E-state index in [1.165, 1.54) is 16.7 Å². The quantitative estimate of drug-likeness (QED) is 0.362. The van der Waals surface area contributed by atoms with E-state index in [0.717, 1.165) is 22.1 Å². The van der Waals surface area contributed by atoms with Gasteiger partial charge in [0.15, 0.2) is 4.32 Å². The maximum Gasteiger partial charge on any atom is 0.270 e. The number of nitrogens with zero attached hydrogens (tertiary/aromatic N) is 1. The molecule has 3 aromatic carbocycles. The summed E-state index contributed by atoms with van der Waals surface area (Å²) in [6.45, 7) is 2.49. The van der Waals surface area contributed by atoms with E-state index in [4.69, 9.17) is 28.6 Å². The monoisotopic (exact) mass is 425 g/mol. The van der Waals surface area contributed by atoms with Crippen molar-refractivity contribution < 1.29 is 9.53 Å². The first-order valence-electron chi connectivity index (χ1n) is 8.76. The molecular weight excluding hydrogens is 410 g/mol. The van der Waals surface area contributed by atoms with Crippen LogP contribution in [0.2, 0.25) is 5.02 Å². The molecule has 0 bridgehead atoms. The Labute approximate surface area is 177 Å². The summed E-state index contributed by atoms with van der Waals surface area (Å²) in [6.07, 6.45) is 1.87. The number of hydrogen-bond donors (Lipinski definition) is 0. The summed E-state index contributed by atoms with van der Waals surface area (Å²) in [4.78, 5) is 15.2. The van der Waals surface area contributed by atoms with Gasteiger partial charge in [0.25, 0.3) is 5.91 Å². The molecule has 1 saturated heterocycles. The Morgan fingerprint density at radius 2 is 1.96 bits per heavy atom. The minimum atomic E-state index is -0.160. The summed E-state index contributed by atoms with van der Waals surface area (Å²) in [5.41, 5.74) is 1.55. The number of anilines is 1. The highest BCUT2D eigenvalue weighted by molar-refractivity contribution is 8.27. The molecule has 0 aromatic heterocycles. The second-order valence-corrected chi connectivity index (χ2v) is 8.24. The van der Waals surface area contributed by atoms with Crippen LogP contribution in [-0.2, 0) is 4.79 Å². The Balaban J connectivity index is 1.80. The van der Waals surface area contributed by atoms with Crippen LogP contribution in [0.1, 0.15) is 12.5 Å². The van der Waals surface area contributed by atoms with E-state index in [1.807, 2.05) is 55.5 Å². The van der Waals surface area contributed by atoms with Crippen molar-refractivity contribution in [2.75, 3.05) is 11.5 Å².